The van der Waals surface area contributed by atoms with Crippen LogP contribution in [0.2, 0.25) is 0 Å². The van der Waals surface area contributed by atoms with Gasteiger partial charge in [-0.25, -0.2) is 0 Å². The standard InChI is InChI=1S/C8H17N.C6H5.BrH.Mg/c1-9-8-6-4-2-3-5-7-8;1-2-4-6-5-3-1;;/h8-9H,2-7H2,1H3;1-5H;1H;/q;;;+2. The van der Waals surface area contributed by atoms with Crippen LogP contribution < -0.4 is 9.01 Å². The van der Waals surface area contributed by atoms with Crippen molar-refractivity contribution in [2.24, 2.45) is 0 Å². The lowest BCUT2D eigenvalue weighted by atomic mass is 10.1. The van der Waals surface area contributed by atoms with Crippen molar-refractivity contribution in [1.82, 2.24) is 5.32 Å². The third-order valence-electron chi connectivity index (χ3n) is 3.11. The smallest absolute Gasteiger partial charge is 0.317 e. The van der Waals surface area contributed by atoms with Crippen molar-refractivity contribution >= 4 is 42.4 Å². The second-order valence-corrected chi connectivity index (χ2v) is 5.28. The van der Waals surface area contributed by atoms with E-state index in [2.05, 4.69) is 24.5 Å². The van der Waals surface area contributed by atoms with Gasteiger partial charge in [-0.15, -0.1) is 17.0 Å². The minimum Gasteiger partial charge on any atom is -0.317 e. The summed E-state index contributed by atoms with van der Waals surface area (Å²) >= 11 is 1.90. The van der Waals surface area contributed by atoms with Crippen molar-refractivity contribution in [2.75, 3.05) is 7.05 Å². The molecule has 0 spiro atoms. The molecular weight excluding hydrogens is 286 g/mol. The van der Waals surface area contributed by atoms with E-state index in [-0.39, 0.29) is 17.0 Å². The van der Waals surface area contributed by atoms with Crippen molar-refractivity contribution in [3.05, 3.63) is 30.3 Å². The summed E-state index contributed by atoms with van der Waals surface area (Å²) < 4.78 is 1.35. The Hall–Kier alpha value is 0.426. The first-order valence-electron chi connectivity index (χ1n) is 6.37. The number of benzene rings is 1. The van der Waals surface area contributed by atoms with Crippen LogP contribution in [0.25, 0.3) is 0 Å². The first kappa shape index (κ1) is 17.4. The molecule has 1 aromatic carbocycles. The maximum absolute atomic E-state index is 3.34. The molecule has 91 valence electrons. The summed E-state index contributed by atoms with van der Waals surface area (Å²) in [5.41, 5.74) is 0. The van der Waals surface area contributed by atoms with Gasteiger partial charge in [-0.2, -0.15) is 0 Å². The Morgan fingerprint density at radius 1 is 1.00 bits per heavy atom. The summed E-state index contributed by atoms with van der Waals surface area (Å²) in [5.74, 6) is 0. The quantitative estimate of drug-likeness (QED) is 0.621. The van der Waals surface area contributed by atoms with Gasteiger partial charge in [0.2, 0.25) is 0 Å². The molecule has 0 unspecified atom stereocenters. The fourth-order valence-corrected chi connectivity index (χ4v) is 2.32. The molecule has 0 bridgehead atoms. The molecule has 0 amide bonds. The SMILES string of the molecule is Br.CNC1CCCCCC1.[Mg+2][c]1ccccc1. The highest BCUT2D eigenvalue weighted by atomic mass is 79.9. The molecule has 1 aliphatic rings. The van der Waals surface area contributed by atoms with Crippen LogP contribution in [0.5, 0.6) is 0 Å². The number of nitrogens with one attached hydrogen (secondary N) is 1. The minimum atomic E-state index is 0. The summed E-state index contributed by atoms with van der Waals surface area (Å²) in [6.45, 7) is 0. The molecular formula is C14H23BrMgN+2. The summed E-state index contributed by atoms with van der Waals surface area (Å²) in [7, 11) is 2.08. The highest BCUT2D eigenvalue weighted by Crippen LogP contribution is 2.16. The van der Waals surface area contributed by atoms with Gasteiger partial charge < -0.3 is 5.32 Å². The van der Waals surface area contributed by atoms with Crippen LogP contribution in [-0.2, 0) is 0 Å². The van der Waals surface area contributed by atoms with E-state index >= 15 is 0 Å². The van der Waals surface area contributed by atoms with Gasteiger partial charge in [0, 0.05) is 18.2 Å². The van der Waals surface area contributed by atoms with Crippen LogP contribution in [0.15, 0.2) is 30.3 Å². The Kier molecular flexibility index (Phi) is 11.8. The van der Waals surface area contributed by atoms with Crippen molar-refractivity contribution in [1.29, 1.82) is 0 Å². The highest BCUT2D eigenvalue weighted by Gasteiger charge is 2.28. The van der Waals surface area contributed by atoms with Gasteiger partial charge in [0.25, 0.3) is 0 Å². The molecule has 1 nitrogen and oxygen atoms in total. The largest absolute Gasteiger partial charge is 1.47 e. The van der Waals surface area contributed by atoms with E-state index in [1.54, 1.807) is 0 Å². The van der Waals surface area contributed by atoms with E-state index in [1.165, 1.54) is 42.2 Å². The van der Waals surface area contributed by atoms with Crippen LogP contribution >= 0.6 is 17.0 Å². The van der Waals surface area contributed by atoms with Crippen LogP contribution in [0.3, 0.4) is 0 Å². The Balaban J connectivity index is 0.000000292. The van der Waals surface area contributed by atoms with E-state index in [0.29, 0.717) is 0 Å². The lowest BCUT2D eigenvalue weighted by Crippen LogP contribution is -2.23. The Morgan fingerprint density at radius 3 is 1.88 bits per heavy atom. The van der Waals surface area contributed by atoms with Crippen LogP contribution in [-0.4, -0.2) is 34.8 Å². The van der Waals surface area contributed by atoms with Gasteiger partial charge in [0.1, 0.15) is 0 Å². The van der Waals surface area contributed by atoms with Crippen LogP contribution in [0.4, 0.5) is 0 Å². The molecule has 1 saturated carbocycles. The Morgan fingerprint density at radius 2 is 1.53 bits per heavy atom. The topological polar surface area (TPSA) is 12.0 Å². The molecule has 0 heterocycles. The van der Waals surface area contributed by atoms with Crippen molar-refractivity contribution in [2.45, 2.75) is 44.6 Å². The predicted molar refractivity (Wildman–Crippen MR) is 82.7 cm³/mol. The molecule has 2 rings (SSSR count). The number of hydrogen-bond acceptors (Lipinski definition) is 1. The third kappa shape index (κ3) is 9.06. The number of halogens is 1. The molecule has 0 atom stereocenters. The maximum Gasteiger partial charge on any atom is 1.47 e. The normalized spacial score (nSPS) is 16.1. The monoisotopic (exact) mass is 308 g/mol. The molecule has 3 heteroatoms. The van der Waals surface area contributed by atoms with Gasteiger partial charge in [-0.3, -0.25) is 0 Å². The predicted octanol–water partition coefficient (Wildman–Crippen LogP) is 2.99. The molecule has 1 aromatic rings. The zero-order chi connectivity index (χ0) is 11.6. The first-order valence-corrected chi connectivity index (χ1v) is 7.08. The van der Waals surface area contributed by atoms with Gasteiger partial charge in [0.05, 0.1) is 0 Å². The zero-order valence-corrected chi connectivity index (χ0v) is 13.9. The molecule has 1 N–H and O–H groups in total. The molecule has 0 saturated heterocycles. The lowest BCUT2D eigenvalue weighted by molar-refractivity contribution is 0.499. The molecule has 1 aliphatic carbocycles. The maximum atomic E-state index is 3.34. The van der Waals surface area contributed by atoms with E-state index in [4.69, 9.17) is 0 Å². The summed E-state index contributed by atoms with van der Waals surface area (Å²) in [6, 6.07) is 11.1. The summed E-state index contributed by atoms with van der Waals surface area (Å²) in [5, 5.41) is 3.34. The van der Waals surface area contributed by atoms with Crippen molar-refractivity contribution < 1.29 is 0 Å². The molecule has 1 fully saturated rings. The van der Waals surface area contributed by atoms with E-state index < -0.39 is 0 Å². The van der Waals surface area contributed by atoms with Crippen molar-refractivity contribution in [3.63, 3.8) is 0 Å². The number of hydrogen-bond donors (Lipinski definition) is 1. The average Bonchev–Trinajstić information content (AvgIpc) is 2.59. The Labute approximate surface area is 129 Å². The zero-order valence-electron chi connectivity index (χ0n) is 10.8. The summed E-state index contributed by atoms with van der Waals surface area (Å²) in [4.78, 5) is 0. The van der Waals surface area contributed by atoms with Gasteiger partial charge in [-0.05, 0) is 19.9 Å². The molecule has 17 heavy (non-hydrogen) atoms. The van der Waals surface area contributed by atoms with Gasteiger partial charge in [-0.1, -0.05) is 43.9 Å². The Bertz CT molecular complexity index is 258. The third-order valence-corrected chi connectivity index (χ3v) is 3.58. The molecule has 0 aromatic heterocycles. The van der Waals surface area contributed by atoms with Crippen LogP contribution in [0, 0.1) is 0 Å². The summed E-state index contributed by atoms with van der Waals surface area (Å²) in [6.07, 6.45) is 8.58. The van der Waals surface area contributed by atoms with E-state index in [1.807, 2.05) is 39.9 Å². The lowest BCUT2D eigenvalue weighted by Gasteiger charge is -2.10. The average molecular weight is 310 g/mol. The molecule has 0 aliphatic heterocycles. The van der Waals surface area contributed by atoms with Crippen LogP contribution in [0.1, 0.15) is 38.5 Å². The van der Waals surface area contributed by atoms with E-state index in [0.717, 1.165) is 6.04 Å². The van der Waals surface area contributed by atoms with Gasteiger partial charge >= 0.3 is 25.4 Å². The first-order chi connectivity index (χ1) is 7.83. The van der Waals surface area contributed by atoms with E-state index in [9.17, 15) is 0 Å². The fourth-order valence-electron chi connectivity index (χ4n) is 2.05. The minimum absolute atomic E-state index is 0. The fraction of sp³-hybridized carbons (Fsp3) is 0.571. The highest BCUT2D eigenvalue weighted by molar-refractivity contribution is 8.93. The van der Waals surface area contributed by atoms with Gasteiger partial charge in [0.15, 0.2) is 0 Å². The van der Waals surface area contributed by atoms with Crippen molar-refractivity contribution in [3.8, 4) is 0 Å². The molecule has 7 radical (unpaired) electrons. The second kappa shape index (κ2) is 11.5. The second-order valence-electron chi connectivity index (χ2n) is 4.46. The number of rotatable bonds is 1.